The quantitative estimate of drug-likeness (QED) is 0.315. The van der Waals surface area contributed by atoms with Crippen LogP contribution in [0.25, 0.3) is 0 Å². The number of nitro benzene ring substituents is 1. The van der Waals surface area contributed by atoms with E-state index in [0.29, 0.717) is 17.0 Å². The lowest BCUT2D eigenvalue weighted by atomic mass is 10.1. The summed E-state index contributed by atoms with van der Waals surface area (Å²) >= 11 is 5.57. The third-order valence-electron chi connectivity index (χ3n) is 3.05. The Kier molecular flexibility index (Phi) is 8.13. The van der Waals surface area contributed by atoms with Crippen molar-refractivity contribution in [2.45, 2.75) is 6.92 Å². The van der Waals surface area contributed by atoms with Gasteiger partial charge in [0.15, 0.2) is 17.4 Å². The molecule has 2 rings (SSSR count). The summed E-state index contributed by atoms with van der Waals surface area (Å²) in [6.07, 6.45) is 6.58. The maximum atomic E-state index is 13.9. The molecule has 6 nitrogen and oxygen atoms in total. The third kappa shape index (κ3) is 5.52. The summed E-state index contributed by atoms with van der Waals surface area (Å²) in [5, 5.41) is 20.8. The van der Waals surface area contributed by atoms with Crippen LogP contribution < -0.4 is 9.84 Å². The minimum atomic E-state index is -1.89. The van der Waals surface area contributed by atoms with Gasteiger partial charge in [-0.3, -0.25) is 10.1 Å². The number of benzene rings is 2. The number of halogens is 4. The molecule has 0 radical (unpaired) electrons. The summed E-state index contributed by atoms with van der Waals surface area (Å²) < 4.78 is 46.0. The van der Waals surface area contributed by atoms with Gasteiger partial charge in [0.25, 0.3) is 5.69 Å². The Balaban J connectivity index is 0.000000892. The monoisotopic (exact) mass is 437 g/mol. The van der Waals surface area contributed by atoms with Crippen molar-refractivity contribution < 1.29 is 32.7 Å². The van der Waals surface area contributed by atoms with Crippen LogP contribution in [0.3, 0.4) is 0 Å². The standard InChI is InChI=1S/C14H7ClF3NO5.C3H9S/c1-5-10(16)9(15)13(12(18)11(5)17)24-6-2-3-8(19(22)23)7(4-6)14(20)21;1-4(2)3/h2-4H,1H3,(H,20,21);1-3H3/q;+1/p-1. The summed E-state index contributed by atoms with van der Waals surface area (Å²) in [7, 11) is 0.639. The van der Waals surface area contributed by atoms with E-state index in [0.717, 1.165) is 19.1 Å². The fraction of sp³-hybridized carbons (Fsp3) is 0.235. The maximum absolute atomic E-state index is 13.9. The molecule has 0 unspecified atom stereocenters. The molecule has 0 aliphatic carbocycles. The smallest absolute Gasteiger partial charge is 0.278 e. The van der Waals surface area contributed by atoms with Gasteiger partial charge in [0, 0.05) is 11.6 Å². The first kappa shape index (κ1) is 23.6. The van der Waals surface area contributed by atoms with Gasteiger partial charge in [0.05, 0.1) is 35.2 Å². The molecular weight excluding hydrogens is 423 g/mol. The number of carbonyl (C=O) groups is 1. The first-order valence-electron chi connectivity index (χ1n) is 7.37. The van der Waals surface area contributed by atoms with E-state index >= 15 is 0 Å². The molecule has 152 valence electrons. The van der Waals surface area contributed by atoms with Gasteiger partial charge in [0.1, 0.15) is 10.8 Å². The highest BCUT2D eigenvalue weighted by molar-refractivity contribution is 7.94. The molecule has 0 aliphatic heterocycles. The van der Waals surface area contributed by atoms with Crippen molar-refractivity contribution in [3.8, 4) is 11.5 Å². The maximum Gasteiger partial charge on any atom is 0.278 e. The zero-order valence-electron chi connectivity index (χ0n) is 15.1. The van der Waals surface area contributed by atoms with Crippen LogP contribution in [0.1, 0.15) is 15.9 Å². The van der Waals surface area contributed by atoms with Crippen LogP contribution in [0.4, 0.5) is 18.9 Å². The second-order valence-electron chi connectivity index (χ2n) is 5.76. The molecule has 0 amide bonds. The molecule has 0 aromatic heterocycles. The Morgan fingerprint density at radius 1 is 1.14 bits per heavy atom. The van der Waals surface area contributed by atoms with Crippen LogP contribution in [0.2, 0.25) is 5.02 Å². The van der Waals surface area contributed by atoms with Gasteiger partial charge in [-0.1, -0.05) is 11.6 Å². The SMILES string of the molecule is C[S+](C)C.Cc1c(F)c(F)c(Oc2ccc([N+](=O)[O-])c(C(=O)[O-])c2)c(Cl)c1F. The number of nitro groups is 1. The van der Waals surface area contributed by atoms with E-state index in [4.69, 9.17) is 16.3 Å². The summed E-state index contributed by atoms with van der Waals surface area (Å²) in [5.41, 5.74) is -2.32. The number of carboxylic acids is 1. The number of ether oxygens (including phenoxy) is 1. The molecule has 0 fully saturated rings. The van der Waals surface area contributed by atoms with Gasteiger partial charge in [0.2, 0.25) is 5.82 Å². The highest BCUT2D eigenvalue weighted by Crippen LogP contribution is 2.38. The van der Waals surface area contributed by atoms with E-state index in [2.05, 4.69) is 18.8 Å². The molecule has 11 heteroatoms. The Bertz CT molecular complexity index is 892. The average molecular weight is 438 g/mol. The van der Waals surface area contributed by atoms with Gasteiger partial charge >= 0.3 is 0 Å². The summed E-state index contributed by atoms with van der Waals surface area (Å²) in [6.45, 7) is 0.962. The van der Waals surface area contributed by atoms with E-state index in [1.165, 1.54) is 0 Å². The van der Waals surface area contributed by atoms with Crippen molar-refractivity contribution >= 4 is 34.2 Å². The van der Waals surface area contributed by atoms with Crippen molar-refractivity contribution in [2.24, 2.45) is 0 Å². The van der Waals surface area contributed by atoms with Crippen LogP contribution in [0.15, 0.2) is 18.2 Å². The first-order valence-corrected chi connectivity index (χ1v) is 10.2. The van der Waals surface area contributed by atoms with E-state index in [1.807, 2.05) is 0 Å². The molecule has 0 N–H and O–H groups in total. The van der Waals surface area contributed by atoms with Gasteiger partial charge in [-0.15, -0.1) is 0 Å². The number of carboxylic acid groups (broad SMARTS) is 1. The topological polar surface area (TPSA) is 92.5 Å². The van der Waals surface area contributed by atoms with Crippen molar-refractivity contribution in [1.82, 2.24) is 0 Å². The summed E-state index contributed by atoms with van der Waals surface area (Å²) in [4.78, 5) is 20.7. The predicted molar refractivity (Wildman–Crippen MR) is 98.7 cm³/mol. The number of aromatic carboxylic acids is 1. The Labute approximate surface area is 166 Å². The molecule has 0 heterocycles. The lowest BCUT2D eigenvalue weighted by Gasteiger charge is -2.13. The lowest BCUT2D eigenvalue weighted by Crippen LogP contribution is -2.23. The van der Waals surface area contributed by atoms with Crippen molar-refractivity contribution in [3.63, 3.8) is 0 Å². The molecule has 0 atom stereocenters. The van der Waals surface area contributed by atoms with Crippen LogP contribution in [0.5, 0.6) is 11.5 Å². The average Bonchev–Trinajstić information content (AvgIpc) is 2.61. The highest BCUT2D eigenvalue weighted by Gasteiger charge is 2.24. The van der Waals surface area contributed by atoms with Gasteiger partial charge < -0.3 is 14.6 Å². The number of nitrogens with zero attached hydrogens (tertiary/aromatic N) is 1. The molecule has 0 saturated heterocycles. The highest BCUT2D eigenvalue weighted by atomic mass is 35.5. The lowest BCUT2D eigenvalue weighted by molar-refractivity contribution is -0.385. The van der Waals surface area contributed by atoms with Crippen LogP contribution in [0, 0.1) is 34.5 Å². The normalized spacial score (nSPS) is 10.3. The Morgan fingerprint density at radius 3 is 2.14 bits per heavy atom. The molecule has 0 aliphatic rings. The fourth-order valence-corrected chi connectivity index (χ4v) is 2.09. The molecule has 0 spiro atoms. The van der Waals surface area contributed by atoms with Gasteiger partial charge in [-0.2, -0.15) is 4.39 Å². The zero-order chi connectivity index (χ0) is 21.8. The first-order chi connectivity index (χ1) is 12.9. The summed E-state index contributed by atoms with van der Waals surface area (Å²) in [6, 6.07) is 2.32. The number of hydrogen-bond donors (Lipinski definition) is 0. The van der Waals surface area contributed by atoms with Crippen LogP contribution in [-0.2, 0) is 10.9 Å². The van der Waals surface area contributed by atoms with Crippen LogP contribution >= 0.6 is 11.6 Å². The van der Waals surface area contributed by atoms with E-state index in [9.17, 15) is 33.2 Å². The Morgan fingerprint density at radius 2 is 1.68 bits per heavy atom. The fourth-order valence-electron chi connectivity index (χ4n) is 1.83. The van der Waals surface area contributed by atoms with Crippen molar-refractivity contribution in [3.05, 3.63) is 61.9 Å². The van der Waals surface area contributed by atoms with E-state index < -0.39 is 61.7 Å². The molecule has 28 heavy (non-hydrogen) atoms. The minimum Gasteiger partial charge on any atom is -0.545 e. The van der Waals surface area contributed by atoms with Gasteiger partial charge in [-0.25, -0.2) is 8.78 Å². The molecule has 0 bridgehead atoms. The minimum absolute atomic E-state index is 0.441. The molecule has 2 aromatic carbocycles. The molecule has 0 saturated carbocycles. The predicted octanol–water partition coefficient (Wildman–Crippen LogP) is 3.62. The number of hydrogen-bond acceptors (Lipinski definition) is 5. The second-order valence-corrected chi connectivity index (χ2v) is 8.59. The molecular formula is C17H15ClF3NO5S. The van der Waals surface area contributed by atoms with Gasteiger partial charge in [-0.05, 0) is 30.0 Å². The second kappa shape index (κ2) is 9.65. The number of rotatable bonds is 4. The summed E-state index contributed by atoms with van der Waals surface area (Å²) in [5.74, 6) is -7.73. The zero-order valence-corrected chi connectivity index (χ0v) is 16.7. The number of carbonyl (C=O) groups excluding carboxylic acids is 1. The molecule has 2 aromatic rings. The van der Waals surface area contributed by atoms with Crippen LogP contribution in [-0.4, -0.2) is 29.7 Å². The largest absolute Gasteiger partial charge is 0.545 e. The van der Waals surface area contributed by atoms with E-state index in [-0.39, 0.29) is 0 Å². The third-order valence-corrected chi connectivity index (χ3v) is 3.38. The van der Waals surface area contributed by atoms with Crippen molar-refractivity contribution in [2.75, 3.05) is 18.8 Å². The van der Waals surface area contributed by atoms with E-state index in [1.54, 1.807) is 0 Å². The van der Waals surface area contributed by atoms with Crippen molar-refractivity contribution in [1.29, 1.82) is 0 Å². The Hall–Kier alpha value is -2.46.